The van der Waals surface area contributed by atoms with Crippen molar-refractivity contribution in [1.82, 2.24) is 5.43 Å². The van der Waals surface area contributed by atoms with Gasteiger partial charge in [-0.1, -0.05) is 42.5 Å². The summed E-state index contributed by atoms with van der Waals surface area (Å²) in [4.78, 5) is 0. The van der Waals surface area contributed by atoms with Gasteiger partial charge in [0.15, 0.2) is 0 Å². The van der Waals surface area contributed by atoms with Crippen LogP contribution in [0.2, 0.25) is 0 Å². The van der Waals surface area contributed by atoms with Crippen molar-refractivity contribution < 1.29 is 8.42 Å². The topological polar surface area (TPSA) is 72.2 Å². The van der Waals surface area contributed by atoms with Crippen LogP contribution in [0.5, 0.6) is 0 Å². The lowest BCUT2D eigenvalue weighted by molar-refractivity contribution is 0.566. The lowest BCUT2D eigenvalue weighted by atomic mass is 10.00. The van der Waals surface area contributed by atoms with E-state index in [4.69, 9.17) is 5.84 Å². The van der Waals surface area contributed by atoms with Gasteiger partial charge in [0.2, 0.25) is 0 Å². The van der Waals surface area contributed by atoms with E-state index < -0.39 is 15.9 Å². The van der Waals surface area contributed by atoms with Crippen LogP contribution in [-0.2, 0) is 9.84 Å². The average molecular weight is 264 g/mol. The molecule has 0 aliphatic carbocycles. The molecule has 2 aromatic carbocycles. The van der Waals surface area contributed by atoms with E-state index in [0.29, 0.717) is 0 Å². The van der Waals surface area contributed by atoms with Crippen LogP contribution in [-0.4, -0.2) is 20.4 Å². The molecule has 4 nitrogen and oxygen atoms in total. The van der Waals surface area contributed by atoms with E-state index in [2.05, 4.69) is 5.43 Å². The SMILES string of the molecule is CS(=O)(=O)CC(NN)c1cccc2ccccc12. The first-order valence-corrected chi connectivity index (χ1v) is 7.69. The molecule has 96 valence electrons. The molecule has 18 heavy (non-hydrogen) atoms. The summed E-state index contributed by atoms with van der Waals surface area (Å²) in [5, 5.41) is 2.09. The Kier molecular flexibility index (Phi) is 3.65. The van der Waals surface area contributed by atoms with E-state index in [1.165, 1.54) is 6.26 Å². The highest BCUT2D eigenvalue weighted by molar-refractivity contribution is 7.90. The molecule has 0 aromatic heterocycles. The van der Waals surface area contributed by atoms with Crippen molar-refractivity contribution >= 4 is 20.6 Å². The van der Waals surface area contributed by atoms with E-state index in [1.807, 2.05) is 42.5 Å². The van der Waals surface area contributed by atoms with Crippen molar-refractivity contribution in [3.8, 4) is 0 Å². The van der Waals surface area contributed by atoms with Crippen molar-refractivity contribution in [2.75, 3.05) is 12.0 Å². The van der Waals surface area contributed by atoms with Crippen LogP contribution in [0, 0.1) is 0 Å². The minimum atomic E-state index is -3.09. The molecule has 0 heterocycles. The zero-order chi connectivity index (χ0) is 13.2. The lowest BCUT2D eigenvalue weighted by Gasteiger charge is -2.17. The molecule has 0 saturated carbocycles. The third-order valence-corrected chi connectivity index (χ3v) is 3.81. The summed E-state index contributed by atoms with van der Waals surface area (Å²) in [6.07, 6.45) is 1.21. The Hall–Kier alpha value is -1.43. The molecule has 0 aliphatic heterocycles. The Bertz CT molecular complexity index is 648. The van der Waals surface area contributed by atoms with Gasteiger partial charge in [-0.05, 0) is 16.3 Å². The van der Waals surface area contributed by atoms with E-state index in [1.54, 1.807) is 0 Å². The van der Waals surface area contributed by atoms with Gasteiger partial charge < -0.3 is 0 Å². The molecule has 0 fully saturated rings. The van der Waals surface area contributed by atoms with Crippen LogP contribution < -0.4 is 11.3 Å². The third-order valence-electron chi connectivity index (χ3n) is 2.87. The van der Waals surface area contributed by atoms with Gasteiger partial charge in [0, 0.05) is 6.26 Å². The minimum absolute atomic E-state index is 0.0164. The summed E-state index contributed by atoms with van der Waals surface area (Å²) < 4.78 is 22.8. The van der Waals surface area contributed by atoms with Crippen LogP contribution in [0.4, 0.5) is 0 Å². The first-order valence-electron chi connectivity index (χ1n) is 5.63. The number of hydrogen-bond donors (Lipinski definition) is 2. The van der Waals surface area contributed by atoms with Gasteiger partial charge in [0.1, 0.15) is 9.84 Å². The standard InChI is InChI=1S/C13H16N2O2S/c1-18(16,17)9-13(15-14)12-8-4-6-10-5-2-3-7-11(10)12/h2-8,13,15H,9,14H2,1H3. The second-order valence-corrected chi connectivity index (χ2v) is 6.56. The van der Waals surface area contributed by atoms with Gasteiger partial charge in [-0.15, -0.1) is 0 Å². The maximum Gasteiger partial charge on any atom is 0.149 e. The summed E-state index contributed by atoms with van der Waals surface area (Å²) in [5.74, 6) is 5.47. The van der Waals surface area contributed by atoms with Crippen LogP contribution in [0.1, 0.15) is 11.6 Å². The highest BCUT2D eigenvalue weighted by atomic mass is 32.2. The molecule has 1 unspecified atom stereocenters. The molecule has 0 aliphatic rings. The van der Waals surface area contributed by atoms with Gasteiger partial charge >= 0.3 is 0 Å². The maximum absolute atomic E-state index is 11.4. The average Bonchev–Trinajstić information content (AvgIpc) is 2.34. The van der Waals surface area contributed by atoms with Crippen molar-refractivity contribution in [3.05, 3.63) is 48.0 Å². The largest absolute Gasteiger partial charge is 0.271 e. The predicted molar refractivity (Wildman–Crippen MR) is 73.7 cm³/mol. The van der Waals surface area contributed by atoms with E-state index >= 15 is 0 Å². The molecule has 2 aromatic rings. The van der Waals surface area contributed by atoms with Crippen molar-refractivity contribution in [1.29, 1.82) is 0 Å². The van der Waals surface area contributed by atoms with Gasteiger partial charge in [0.05, 0.1) is 11.8 Å². The Morgan fingerprint density at radius 1 is 1.17 bits per heavy atom. The molecule has 0 saturated heterocycles. The first kappa shape index (κ1) is 13.0. The van der Waals surface area contributed by atoms with Gasteiger partial charge in [-0.3, -0.25) is 11.3 Å². The van der Waals surface area contributed by atoms with Gasteiger partial charge in [-0.25, -0.2) is 8.42 Å². The molecule has 2 rings (SSSR count). The zero-order valence-electron chi connectivity index (χ0n) is 10.1. The highest BCUT2D eigenvalue weighted by Crippen LogP contribution is 2.24. The molecule has 0 amide bonds. The fraction of sp³-hybridized carbons (Fsp3) is 0.231. The zero-order valence-corrected chi connectivity index (χ0v) is 10.9. The number of nitrogens with one attached hydrogen (secondary N) is 1. The number of hydrogen-bond acceptors (Lipinski definition) is 4. The van der Waals surface area contributed by atoms with Gasteiger partial charge in [-0.2, -0.15) is 0 Å². The summed E-state index contributed by atoms with van der Waals surface area (Å²) in [6, 6.07) is 13.2. The second kappa shape index (κ2) is 5.06. The van der Waals surface area contributed by atoms with E-state index in [9.17, 15) is 8.42 Å². The normalized spacial score (nSPS) is 13.7. The summed E-state index contributed by atoms with van der Waals surface area (Å²) in [6.45, 7) is 0. The first-order chi connectivity index (χ1) is 8.51. The highest BCUT2D eigenvalue weighted by Gasteiger charge is 2.17. The number of benzene rings is 2. The molecule has 3 N–H and O–H groups in total. The van der Waals surface area contributed by atoms with Crippen LogP contribution >= 0.6 is 0 Å². The van der Waals surface area contributed by atoms with Gasteiger partial charge in [0.25, 0.3) is 0 Å². The number of rotatable bonds is 4. The Morgan fingerprint density at radius 2 is 1.83 bits per heavy atom. The predicted octanol–water partition coefficient (Wildman–Crippen LogP) is 1.39. The monoisotopic (exact) mass is 264 g/mol. The fourth-order valence-corrected chi connectivity index (χ4v) is 2.97. The fourth-order valence-electron chi connectivity index (χ4n) is 2.08. The Labute approximate surface area is 107 Å². The summed E-state index contributed by atoms with van der Waals surface area (Å²) >= 11 is 0. The van der Waals surface area contributed by atoms with E-state index in [0.717, 1.165) is 16.3 Å². The number of fused-ring (bicyclic) bond motifs is 1. The van der Waals surface area contributed by atoms with E-state index in [-0.39, 0.29) is 5.75 Å². The molecule has 5 heteroatoms. The Morgan fingerprint density at radius 3 is 2.50 bits per heavy atom. The van der Waals surface area contributed by atoms with Crippen molar-refractivity contribution in [3.63, 3.8) is 0 Å². The van der Waals surface area contributed by atoms with Crippen LogP contribution in [0.3, 0.4) is 0 Å². The Balaban J connectivity index is 2.51. The van der Waals surface area contributed by atoms with Crippen LogP contribution in [0.15, 0.2) is 42.5 Å². The smallest absolute Gasteiger partial charge is 0.149 e. The minimum Gasteiger partial charge on any atom is -0.271 e. The number of hydrazine groups is 1. The lowest BCUT2D eigenvalue weighted by Crippen LogP contribution is -2.33. The molecule has 0 spiro atoms. The summed E-state index contributed by atoms with van der Waals surface area (Å²) in [5.41, 5.74) is 3.49. The number of sulfone groups is 1. The van der Waals surface area contributed by atoms with Crippen LogP contribution in [0.25, 0.3) is 10.8 Å². The maximum atomic E-state index is 11.4. The number of nitrogens with two attached hydrogens (primary N) is 1. The quantitative estimate of drug-likeness (QED) is 0.646. The summed E-state index contributed by atoms with van der Waals surface area (Å²) in [7, 11) is -3.09. The second-order valence-electron chi connectivity index (χ2n) is 4.38. The molecule has 1 atom stereocenters. The molecular weight excluding hydrogens is 248 g/mol. The molecular formula is C13H16N2O2S. The third kappa shape index (κ3) is 2.87. The molecule has 0 radical (unpaired) electrons. The van der Waals surface area contributed by atoms with Crippen molar-refractivity contribution in [2.45, 2.75) is 6.04 Å². The molecule has 0 bridgehead atoms. The van der Waals surface area contributed by atoms with Crippen molar-refractivity contribution in [2.24, 2.45) is 5.84 Å².